The van der Waals surface area contributed by atoms with E-state index in [1.54, 1.807) is 6.92 Å². The lowest BCUT2D eigenvalue weighted by atomic mass is 10.0. The van der Waals surface area contributed by atoms with Crippen LogP contribution in [-0.4, -0.2) is 50.9 Å². The average molecular weight is 281 g/mol. The van der Waals surface area contributed by atoms with Crippen molar-refractivity contribution in [3.8, 4) is 0 Å². The lowest BCUT2D eigenvalue weighted by Crippen LogP contribution is -2.46. The minimum atomic E-state index is -3.36. The van der Waals surface area contributed by atoms with E-state index >= 15 is 0 Å². The van der Waals surface area contributed by atoms with Crippen molar-refractivity contribution >= 4 is 22.0 Å². The van der Waals surface area contributed by atoms with Crippen molar-refractivity contribution in [2.75, 3.05) is 19.3 Å². The van der Waals surface area contributed by atoms with Crippen LogP contribution in [0.5, 0.6) is 0 Å². The van der Waals surface area contributed by atoms with Gasteiger partial charge in [-0.1, -0.05) is 0 Å². The molecule has 0 aliphatic rings. The predicted octanol–water partition coefficient (Wildman–Crippen LogP) is -1.06. The van der Waals surface area contributed by atoms with Gasteiger partial charge in [0.1, 0.15) is 0 Å². The lowest BCUT2D eigenvalue weighted by molar-refractivity contribution is -0.141. The molecule has 0 saturated heterocycles. The molecule has 2 atom stereocenters. The molecule has 8 nitrogen and oxygen atoms in total. The van der Waals surface area contributed by atoms with Crippen molar-refractivity contribution in [1.29, 1.82) is 0 Å². The van der Waals surface area contributed by atoms with Gasteiger partial charge in [-0.05, 0) is 20.9 Å². The van der Waals surface area contributed by atoms with Gasteiger partial charge >= 0.3 is 12.0 Å². The van der Waals surface area contributed by atoms with Gasteiger partial charge in [0.25, 0.3) is 0 Å². The summed E-state index contributed by atoms with van der Waals surface area (Å²) >= 11 is 0. The molecule has 0 radical (unpaired) electrons. The zero-order valence-electron chi connectivity index (χ0n) is 10.6. The highest BCUT2D eigenvalue weighted by molar-refractivity contribution is 7.89. The molecule has 9 heteroatoms. The summed E-state index contributed by atoms with van der Waals surface area (Å²) in [5.41, 5.74) is 0. The van der Waals surface area contributed by atoms with E-state index in [0.29, 0.717) is 0 Å². The molecule has 0 fully saturated rings. The summed E-state index contributed by atoms with van der Waals surface area (Å²) in [4.78, 5) is 22.0. The second-order valence-corrected chi connectivity index (χ2v) is 5.88. The molecule has 0 spiro atoms. The molecule has 0 rings (SSSR count). The molecule has 0 heterocycles. The van der Waals surface area contributed by atoms with Crippen molar-refractivity contribution in [2.24, 2.45) is 5.92 Å². The van der Waals surface area contributed by atoms with E-state index in [4.69, 9.17) is 5.11 Å². The first-order valence-electron chi connectivity index (χ1n) is 5.38. The van der Waals surface area contributed by atoms with Crippen LogP contribution in [0.25, 0.3) is 0 Å². The summed E-state index contributed by atoms with van der Waals surface area (Å²) in [6, 6.07) is -1.15. The van der Waals surface area contributed by atoms with Gasteiger partial charge in [0.05, 0.1) is 11.7 Å². The molecule has 2 amide bonds. The van der Waals surface area contributed by atoms with Gasteiger partial charge < -0.3 is 15.7 Å². The molecule has 0 saturated carbocycles. The van der Waals surface area contributed by atoms with E-state index in [9.17, 15) is 18.0 Å². The van der Waals surface area contributed by atoms with Crippen LogP contribution in [0.2, 0.25) is 0 Å². The number of carbonyl (C=O) groups is 2. The van der Waals surface area contributed by atoms with E-state index in [1.165, 1.54) is 14.0 Å². The Morgan fingerprint density at radius 1 is 1.28 bits per heavy atom. The molecular weight excluding hydrogens is 262 g/mol. The molecule has 0 aromatic rings. The summed E-state index contributed by atoms with van der Waals surface area (Å²) in [6.07, 6.45) is 0. The first-order chi connectivity index (χ1) is 8.19. The molecule has 0 aliphatic carbocycles. The summed E-state index contributed by atoms with van der Waals surface area (Å²) in [7, 11) is -2.08. The van der Waals surface area contributed by atoms with Crippen LogP contribution >= 0.6 is 0 Å². The first kappa shape index (κ1) is 16.6. The maximum Gasteiger partial charge on any atom is 0.315 e. The van der Waals surface area contributed by atoms with Gasteiger partial charge in [-0.2, -0.15) is 0 Å². The van der Waals surface area contributed by atoms with Gasteiger partial charge in [-0.25, -0.2) is 17.9 Å². The van der Waals surface area contributed by atoms with Gasteiger partial charge in [0, 0.05) is 12.6 Å². The van der Waals surface area contributed by atoms with Crippen molar-refractivity contribution in [3.63, 3.8) is 0 Å². The number of aliphatic carboxylic acids is 1. The molecule has 2 unspecified atom stereocenters. The molecule has 0 aliphatic heterocycles. The van der Waals surface area contributed by atoms with Crippen LogP contribution in [0.15, 0.2) is 0 Å². The first-order valence-corrected chi connectivity index (χ1v) is 7.03. The molecule has 106 valence electrons. The number of carboxylic acid groups (broad SMARTS) is 1. The van der Waals surface area contributed by atoms with Crippen molar-refractivity contribution < 1.29 is 23.1 Å². The molecule has 0 aromatic heterocycles. The zero-order chi connectivity index (χ0) is 14.3. The number of nitrogens with one attached hydrogen (secondary N) is 3. The van der Waals surface area contributed by atoms with Gasteiger partial charge in [-0.3, -0.25) is 4.79 Å². The normalized spacial score (nSPS) is 14.6. The van der Waals surface area contributed by atoms with Crippen molar-refractivity contribution in [2.45, 2.75) is 19.9 Å². The third-order valence-corrected chi connectivity index (χ3v) is 3.83. The Balaban J connectivity index is 4.03. The van der Waals surface area contributed by atoms with Crippen molar-refractivity contribution in [3.05, 3.63) is 0 Å². The fraction of sp³-hybridized carbons (Fsp3) is 0.778. The van der Waals surface area contributed by atoms with Crippen LogP contribution in [-0.2, 0) is 14.8 Å². The fourth-order valence-corrected chi connectivity index (χ4v) is 1.57. The third kappa shape index (κ3) is 6.40. The Morgan fingerprint density at radius 3 is 2.28 bits per heavy atom. The molecule has 18 heavy (non-hydrogen) atoms. The Kier molecular flexibility index (Phi) is 6.63. The second-order valence-electron chi connectivity index (χ2n) is 3.84. The quantitative estimate of drug-likeness (QED) is 0.473. The Labute approximate surface area is 106 Å². The number of urea groups is 1. The van der Waals surface area contributed by atoms with Gasteiger partial charge in [-0.15, -0.1) is 0 Å². The number of carboxylic acids is 1. The minimum Gasteiger partial charge on any atom is -0.481 e. The highest BCUT2D eigenvalue weighted by Crippen LogP contribution is 2.01. The summed E-state index contributed by atoms with van der Waals surface area (Å²) < 4.78 is 24.2. The summed E-state index contributed by atoms with van der Waals surface area (Å²) in [6.45, 7) is 2.98. The molecule has 0 aromatic carbocycles. The monoisotopic (exact) mass is 281 g/mol. The average Bonchev–Trinajstić information content (AvgIpc) is 2.27. The van der Waals surface area contributed by atoms with E-state index in [-0.39, 0.29) is 12.3 Å². The number of sulfonamides is 1. The number of hydrogen-bond acceptors (Lipinski definition) is 4. The summed E-state index contributed by atoms with van der Waals surface area (Å²) in [5, 5.41) is 13.5. The van der Waals surface area contributed by atoms with Crippen LogP contribution in [0.3, 0.4) is 0 Å². The maximum atomic E-state index is 11.3. The Morgan fingerprint density at radius 2 is 1.83 bits per heavy atom. The van der Waals surface area contributed by atoms with E-state index in [0.717, 1.165) is 0 Å². The van der Waals surface area contributed by atoms with Crippen LogP contribution < -0.4 is 15.4 Å². The highest BCUT2D eigenvalue weighted by atomic mass is 32.2. The molecule has 0 bridgehead atoms. The third-order valence-electron chi connectivity index (χ3n) is 2.47. The van der Waals surface area contributed by atoms with E-state index in [1.807, 2.05) is 0 Å². The SMILES string of the molecule is CNS(=O)(=O)CCNC(=O)NC(C)C(C)C(=O)O. The predicted molar refractivity (Wildman–Crippen MR) is 65.6 cm³/mol. The minimum absolute atomic E-state index is 0.0524. The van der Waals surface area contributed by atoms with Gasteiger partial charge in [0.15, 0.2) is 0 Å². The lowest BCUT2D eigenvalue weighted by Gasteiger charge is -2.18. The number of rotatable bonds is 7. The number of amides is 2. The van der Waals surface area contributed by atoms with Crippen LogP contribution in [0.4, 0.5) is 4.79 Å². The smallest absolute Gasteiger partial charge is 0.315 e. The maximum absolute atomic E-state index is 11.3. The fourth-order valence-electron chi connectivity index (χ4n) is 0.998. The Hall–Kier alpha value is -1.35. The Bertz CT molecular complexity index is 395. The molecule has 4 N–H and O–H groups in total. The van der Waals surface area contributed by atoms with E-state index in [2.05, 4.69) is 15.4 Å². The largest absolute Gasteiger partial charge is 0.481 e. The topological polar surface area (TPSA) is 125 Å². The molecular formula is C9H19N3O5S. The standard InChI is InChI=1S/C9H19N3O5S/c1-6(8(13)14)7(2)12-9(15)11-4-5-18(16,17)10-3/h6-7,10H,4-5H2,1-3H3,(H,13,14)(H2,11,12,15). The van der Waals surface area contributed by atoms with Crippen molar-refractivity contribution in [1.82, 2.24) is 15.4 Å². The summed E-state index contributed by atoms with van der Waals surface area (Å²) in [5.74, 6) is -1.97. The van der Waals surface area contributed by atoms with Gasteiger partial charge in [0.2, 0.25) is 10.0 Å². The number of hydrogen-bond donors (Lipinski definition) is 4. The van der Waals surface area contributed by atoms with E-state index < -0.39 is 34.0 Å². The van der Waals surface area contributed by atoms with Crippen LogP contribution in [0, 0.1) is 5.92 Å². The zero-order valence-corrected chi connectivity index (χ0v) is 11.4. The van der Waals surface area contributed by atoms with Crippen LogP contribution in [0.1, 0.15) is 13.8 Å². The second kappa shape index (κ2) is 7.17. The number of carbonyl (C=O) groups excluding carboxylic acids is 1. The highest BCUT2D eigenvalue weighted by Gasteiger charge is 2.20.